The molecule has 0 aliphatic carbocycles. The van der Waals surface area contributed by atoms with Crippen molar-refractivity contribution in [3.63, 3.8) is 0 Å². The number of ether oxygens (including phenoxy) is 1. The van der Waals surface area contributed by atoms with Gasteiger partial charge in [0.05, 0.1) is 16.5 Å². The molecule has 0 bridgehead atoms. The zero-order valence-corrected chi connectivity index (χ0v) is 19.5. The molecular weight excluding hydrogens is 466 g/mol. The third kappa shape index (κ3) is 4.10. The van der Waals surface area contributed by atoms with Crippen molar-refractivity contribution in [2.45, 2.75) is 26.3 Å². The fourth-order valence-electron chi connectivity index (χ4n) is 4.36. The summed E-state index contributed by atoms with van der Waals surface area (Å²) in [6, 6.07) is 22.0. The predicted molar refractivity (Wildman–Crippen MR) is 131 cm³/mol. The van der Waals surface area contributed by atoms with Gasteiger partial charge >= 0.3 is 0 Å². The van der Waals surface area contributed by atoms with Crippen LogP contribution in [-0.4, -0.2) is 18.2 Å². The maximum absolute atomic E-state index is 13.4. The molecule has 5 rings (SSSR count). The van der Waals surface area contributed by atoms with Crippen molar-refractivity contribution in [3.8, 4) is 16.9 Å². The average Bonchev–Trinajstić information content (AvgIpc) is 2.81. The van der Waals surface area contributed by atoms with E-state index in [1.807, 2.05) is 49.4 Å². The molecule has 0 saturated carbocycles. The molecule has 0 N–H and O–H groups in total. The maximum atomic E-state index is 13.4. The van der Waals surface area contributed by atoms with Crippen molar-refractivity contribution in [2.75, 3.05) is 13.3 Å². The summed E-state index contributed by atoms with van der Waals surface area (Å²) in [7, 11) is 0. The van der Waals surface area contributed by atoms with E-state index in [1.165, 1.54) is 5.56 Å². The van der Waals surface area contributed by atoms with Crippen LogP contribution in [-0.2, 0) is 13.0 Å². The van der Waals surface area contributed by atoms with Crippen LogP contribution in [0.15, 0.2) is 80.4 Å². The van der Waals surface area contributed by atoms with Crippen LogP contribution in [0, 0.1) is 6.92 Å². The van der Waals surface area contributed by atoms with Crippen LogP contribution in [0.4, 0.5) is 0 Å². The molecule has 0 atom stereocenters. The lowest BCUT2D eigenvalue weighted by molar-refractivity contribution is 0.0946. The minimum atomic E-state index is -0.00456. The number of aryl methyl sites for hydroxylation is 2. The zero-order valence-electron chi connectivity index (χ0n) is 17.9. The van der Waals surface area contributed by atoms with Crippen LogP contribution >= 0.6 is 15.9 Å². The molecule has 0 fully saturated rings. The summed E-state index contributed by atoms with van der Waals surface area (Å²) < 4.78 is 13.2. The van der Waals surface area contributed by atoms with Crippen molar-refractivity contribution in [2.24, 2.45) is 0 Å². The second kappa shape index (κ2) is 8.93. The number of nitrogens with zero attached hydrogens (tertiary/aromatic N) is 1. The van der Waals surface area contributed by atoms with Crippen LogP contribution in [0.5, 0.6) is 5.75 Å². The number of fused-ring (bicyclic) bond motifs is 3. The van der Waals surface area contributed by atoms with E-state index >= 15 is 0 Å². The molecule has 0 unspecified atom stereocenters. The molecule has 4 aromatic rings. The molecule has 0 saturated heterocycles. The Morgan fingerprint density at radius 3 is 2.56 bits per heavy atom. The Morgan fingerprint density at radius 1 is 1.00 bits per heavy atom. The molecule has 4 nitrogen and oxygen atoms in total. The first-order valence-electron chi connectivity index (χ1n) is 10.8. The standard InChI is InChI=1S/C27H24BrNO3/c1-18-25(20-9-11-21(28)12-10-20)26(30)22-13-14-24-23(27(22)32-18)16-29(17-31-24)15-5-8-19-6-3-2-4-7-19/h2-4,6-7,9-14H,5,8,15-17H2,1H3. The smallest absolute Gasteiger partial charge is 0.200 e. The van der Waals surface area contributed by atoms with E-state index in [1.54, 1.807) is 0 Å². The van der Waals surface area contributed by atoms with Crippen molar-refractivity contribution in [1.29, 1.82) is 0 Å². The van der Waals surface area contributed by atoms with Crippen molar-refractivity contribution in [3.05, 3.63) is 98.3 Å². The predicted octanol–water partition coefficient (Wildman–Crippen LogP) is 6.32. The first-order chi connectivity index (χ1) is 15.6. The lowest BCUT2D eigenvalue weighted by Crippen LogP contribution is -2.33. The first kappa shape index (κ1) is 21.0. The van der Waals surface area contributed by atoms with Gasteiger partial charge in [0.15, 0.2) is 0 Å². The lowest BCUT2D eigenvalue weighted by Gasteiger charge is -2.29. The molecule has 1 aliphatic heterocycles. The molecule has 2 heterocycles. The normalized spacial score (nSPS) is 13.7. The number of rotatable bonds is 5. The third-order valence-corrected chi connectivity index (χ3v) is 6.52. The Balaban J connectivity index is 1.43. The third-order valence-electron chi connectivity index (χ3n) is 6.00. The van der Waals surface area contributed by atoms with Crippen molar-refractivity contribution in [1.82, 2.24) is 4.90 Å². The Morgan fingerprint density at radius 2 is 1.78 bits per heavy atom. The van der Waals surface area contributed by atoms with Gasteiger partial charge in [-0.25, -0.2) is 0 Å². The summed E-state index contributed by atoms with van der Waals surface area (Å²) in [5.41, 5.74) is 4.40. The summed E-state index contributed by atoms with van der Waals surface area (Å²) in [6.45, 7) is 4.04. The van der Waals surface area contributed by atoms with Crippen LogP contribution in [0.25, 0.3) is 22.1 Å². The van der Waals surface area contributed by atoms with E-state index in [0.29, 0.717) is 35.6 Å². The van der Waals surface area contributed by atoms with E-state index in [2.05, 4.69) is 45.1 Å². The minimum Gasteiger partial charge on any atom is -0.478 e. The number of halogens is 1. The summed E-state index contributed by atoms with van der Waals surface area (Å²) in [5.74, 6) is 1.43. The topological polar surface area (TPSA) is 42.7 Å². The molecular formula is C27H24BrNO3. The number of hydrogen-bond acceptors (Lipinski definition) is 4. The molecule has 3 aromatic carbocycles. The van der Waals surface area contributed by atoms with Gasteiger partial charge < -0.3 is 9.15 Å². The molecule has 32 heavy (non-hydrogen) atoms. The Labute approximate surface area is 195 Å². The second-order valence-electron chi connectivity index (χ2n) is 8.20. The fourth-order valence-corrected chi connectivity index (χ4v) is 4.63. The molecule has 1 aromatic heterocycles. The van der Waals surface area contributed by atoms with Gasteiger partial charge in [0.1, 0.15) is 23.8 Å². The fraction of sp³-hybridized carbons (Fsp3) is 0.222. The van der Waals surface area contributed by atoms with Gasteiger partial charge in [-0.15, -0.1) is 0 Å². The van der Waals surface area contributed by atoms with E-state index in [0.717, 1.165) is 40.7 Å². The summed E-state index contributed by atoms with van der Waals surface area (Å²) >= 11 is 3.45. The van der Waals surface area contributed by atoms with Crippen molar-refractivity contribution >= 4 is 26.9 Å². The van der Waals surface area contributed by atoms with E-state index in [-0.39, 0.29) is 5.43 Å². The summed E-state index contributed by atoms with van der Waals surface area (Å²) in [5, 5.41) is 0.599. The Hall–Kier alpha value is -2.89. The number of benzene rings is 3. The van der Waals surface area contributed by atoms with Crippen LogP contribution < -0.4 is 10.2 Å². The van der Waals surface area contributed by atoms with Crippen molar-refractivity contribution < 1.29 is 9.15 Å². The highest BCUT2D eigenvalue weighted by Crippen LogP contribution is 2.34. The van der Waals surface area contributed by atoms with Gasteiger partial charge in [-0.3, -0.25) is 9.69 Å². The van der Waals surface area contributed by atoms with E-state index in [9.17, 15) is 4.79 Å². The molecule has 0 spiro atoms. The second-order valence-corrected chi connectivity index (χ2v) is 9.12. The molecule has 0 radical (unpaired) electrons. The van der Waals surface area contributed by atoms with Crippen LogP contribution in [0.1, 0.15) is 23.3 Å². The molecule has 5 heteroatoms. The van der Waals surface area contributed by atoms with Gasteiger partial charge in [-0.05, 0) is 55.2 Å². The van der Waals surface area contributed by atoms with Gasteiger partial charge in [0.2, 0.25) is 5.43 Å². The molecule has 1 aliphatic rings. The number of hydrogen-bond donors (Lipinski definition) is 0. The van der Waals surface area contributed by atoms with Gasteiger partial charge in [-0.1, -0.05) is 58.4 Å². The summed E-state index contributed by atoms with van der Waals surface area (Å²) in [4.78, 5) is 15.7. The minimum absolute atomic E-state index is 0.00456. The van der Waals surface area contributed by atoms with Crippen LogP contribution in [0.2, 0.25) is 0 Å². The first-order valence-corrected chi connectivity index (χ1v) is 11.6. The molecule has 0 amide bonds. The highest BCUT2D eigenvalue weighted by Gasteiger charge is 2.23. The Kier molecular flexibility index (Phi) is 5.85. The highest BCUT2D eigenvalue weighted by atomic mass is 79.9. The molecule has 162 valence electrons. The van der Waals surface area contributed by atoms with Gasteiger partial charge in [0, 0.05) is 17.6 Å². The van der Waals surface area contributed by atoms with Crippen LogP contribution in [0.3, 0.4) is 0 Å². The highest BCUT2D eigenvalue weighted by molar-refractivity contribution is 9.10. The average molecular weight is 490 g/mol. The van der Waals surface area contributed by atoms with E-state index < -0.39 is 0 Å². The largest absolute Gasteiger partial charge is 0.478 e. The maximum Gasteiger partial charge on any atom is 0.200 e. The zero-order chi connectivity index (χ0) is 22.1. The van der Waals surface area contributed by atoms with E-state index in [4.69, 9.17) is 9.15 Å². The quantitative estimate of drug-likeness (QED) is 0.329. The van der Waals surface area contributed by atoms with Gasteiger partial charge in [-0.2, -0.15) is 0 Å². The SMILES string of the molecule is Cc1oc2c3c(ccc2c(=O)c1-c1ccc(Br)cc1)OCN(CCCc1ccccc1)C3. The van der Waals surface area contributed by atoms with Gasteiger partial charge in [0.25, 0.3) is 0 Å². The lowest BCUT2D eigenvalue weighted by atomic mass is 10.0. The Bertz CT molecular complexity index is 1310. The monoisotopic (exact) mass is 489 g/mol. The summed E-state index contributed by atoms with van der Waals surface area (Å²) in [6.07, 6.45) is 2.08.